The van der Waals surface area contributed by atoms with Gasteiger partial charge in [-0.3, -0.25) is 38.4 Å². The first kappa shape index (κ1) is 100. The van der Waals surface area contributed by atoms with Crippen LogP contribution >= 0.6 is 15.9 Å². The van der Waals surface area contributed by atoms with Crippen LogP contribution in [0.5, 0.6) is 34.5 Å². The minimum atomic E-state index is -1.40. The molecular formula is C85H105BBrLiO33. The van der Waals surface area contributed by atoms with Crippen LogP contribution in [0.1, 0.15) is 156 Å². The van der Waals surface area contributed by atoms with Gasteiger partial charge in [0, 0.05) is 59.9 Å². The molecule has 3 fully saturated rings. The standard InChI is InChI=1S/C31H36O11.C29H31BrO11.C23H28O7.C2H7BO2.Li.2H2O/c1-6-22-8-9-23(15-24(22)13-21-7-10-25-26(14-21)37-12-11-36-25)28-30(40-19(4)34)31(41-20(5)35)29(39-18(3)33)27(42-28)16-38-17(2)32;1-15(31)37-14-25-27(38-16(2)32)29(40-18(4)34)28(39-17(3)33)26(41-25)20-6-7-22(30)21(13-20)11-19-5-8-23-24(12-19)36-10-9-35-23;1-2-14-4-5-15(23-22(27)21(26)20(25)19(12-24)30-23)11-16(14)9-13-3-6-17-18(10-13)29-8-7-28-17;1-2-3(4)5;;;/h7-10,14-15,27-31H,6,11-13,16H2,1-5H3;5-8,12-13,25-29H,9-11,14H2,1-4H3;3-6,10-11,19-27H,2,7-9,12H2,1H3;4-5H,2H2,1H3;;2*1H2/q;;;;+1;;/p-1/t27-,28+,29-,30+,31+;25-,26+,27-,28+,29+;19-,20-,21+,22-,23+;;;;/m111..../s1. The summed E-state index contributed by atoms with van der Waals surface area (Å²) >= 11 is 3.61. The third-order valence-corrected chi connectivity index (χ3v) is 20.3. The first-order valence-corrected chi connectivity index (χ1v) is 39.6. The number of aliphatic hydroxyl groups excluding tert-OH is 4. The number of hydrogen-bond donors (Lipinski definition) is 6. The monoisotopic (exact) mass is 1750 g/mol. The summed E-state index contributed by atoms with van der Waals surface area (Å²) < 4.78 is 97.0. The van der Waals surface area contributed by atoms with Crippen molar-refractivity contribution in [3.05, 3.63) is 175 Å². The summed E-state index contributed by atoms with van der Waals surface area (Å²) in [7, 11) is -1.12. The number of hydrogen-bond acceptors (Lipinski definition) is 32. The average molecular weight is 1750 g/mol. The number of ether oxygens (including phenoxy) is 17. The van der Waals surface area contributed by atoms with Crippen molar-refractivity contribution in [2.45, 2.75) is 206 Å². The van der Waals surface area contributed by atoms with Gasteiger partial charge < -0.3 is 122 Å². The summed E-state index contributed by atoms with van der Waals surface area (Å²) in [5, 5.41) is 55.9. The maximum absolute atomic E-state index is 12.3. The zero-order valence-corrected chi connectivity index (χ0v) is 71.0. The Morgan fingerprint density at radius 2 is 0.686 bits per heavy atom. The summed E-state index contributed by atoms with van der Waals surface area (Å²) in [6.45, 7) is 17.5. The number of aryl methyl sites for hydroxylation is 2. The van der Waals surface area contributed by atoms with E-state index < -0.39 is 153 Å². The van der Waals surface area contributed by atoms with Gasteiger partial charge in [0.05, 0.1) is 6.61 Å². The fourth-order valence-corrected chi connectivity index (χ4v) is 14.6. The Kier molecular flexibility index (Phi) is 39.7. The maximum atomic E-state index is 12.3. The third kappa shape index (κ3) is 28.1. The number of carbonyl (C=O) groups is 8. The van der Waals surface area contributed by atoms with Crippen LogP contribution in [0.2, 0.25) is 6.32 Å². The molecule has 9 N–H and O–H groups in total. The molecular weight excluding hydrogens is 1650 g/mol. The predicted molar refractivity (Wildman–Crippen MR) is 427 cm³/mol. The molecule has 36 heteroatoms. The van der Waals surface area contributed by atoms with Gasteiger partial charge in [-0.1, -0.05) is 103 Å². The summed E-state index contributed by atoms with van der Waals surface area (Å²) in [6.07, 6.45) is -13.3. The number of benzene rings is 6. The molecule has 0 bridgehead atoms. The molecule has 0 amide bonds. The molecule has 6 aromatic carbocycles. The van der Waals surface area contributed by atoms with Crippen molar-refractivity contribution >= 4 is 70.8 Å². The smallest absolute Gasteiger partial charge is 0.870 e. The number of esters is 8. The predicted octanol–water partition coefficient (Wildman–Crippen LogP) is 3.63. The first-order valence-electron chi connectivity index (χ1n) is 38.8. The number of rotatable bonds is 23. The summed E-state index contributed by atoms with van der Waals surface area (Å²) in [6, 6.07) is 34.5. The van der Waals surface area contributed by atoms with Crippen LogP contribution in [0.4, 0.5) is 0 Å². The van der Waals surface area contributed by atoms with Crippen molar-refractivity contribution in [2.75, 3.05) is 59.5 Å². The molecule has 15 atom stereocenters. The van der Waals surface area contributed by atoms with Crippen LogP contribution in [0, 0.1) is 0 Å². The van der Waals surface area contributed by atoms with E-state index >= 15 is 0 Å². The third-order valence-electron chi connectivity index (χ3n) is 19.5. The molecule has 121 heavy (non-hydrogen) atoms. The molecule has 6 aromatic rings. The Labute approximate surface area is 721 Å². The van der Waals surface area contributed by atoms with E-state index in [1.54, 1.807) is 13.0 Å². The van der Waals surface area contributed by atoms with Crippen LogP contribution in [-0.2, 0) is 123 Å². The zero-order valence-electron chi connectivity index (χ0n) is 69.5. The van der Waals surface area contributed by atoms with Crippen LogP contribution in [0.3, 0.4) is 0 Å². The van der Waals surface area contributed by atoms with Crippen molar-refractivity contribution < 1.29 is 179 Å². The van der Waals surface area contributed by atoms with Gasteiger partial charge in [0.1, 0.15) is 108 Å². The Balaban J connectivity index is 0.000000273. The van der Waals surface area contributed by atoms with Crippen molar-refractivity contribution in [1.82, 2.24) is 0 Å². The van der Waals surface area contributed by atoms with E-state index in [0.29, 0.717) is 105 Å². The molecule has 0 aliphatic carbocycles. The average Bonchev–Trinajstić information content (AvgIpc) is 0.770. The van der Waals surface area contributed by atoms with Crippen LogP contribution < -0.4 is 47.3 Å². The van der Waals surface area contributed by atoms with Gasteiger partial charge >= 0.3 is 73.7 Å². The zero-order chi connectivity index (χ0) is 85.6. The molecule has 0 unspecified atom stereocenters. The molecule has 33 nitrogen and oxygen atoms in total. The molecule has 6 aliphatic rings. The first-order chi connectivity index (χ1) is 56.3. The van der Waals surface area contributed by atoms with Crippen molar-refractivity contribution in [2.24, 2.45) is 0 Å². The Morgan fingerprint density at radius 3 is 1.02 bits per heavy atom. The van der Waals surface area contributed by atoms with E-state index in [9.17, 15) is 58.8 Å². The molecule has 0 radical (unpaired) electrons. The normalized spacial score (nSPS) is 23.2. The second-order valence-electron chi connectivity index (χ2n) is 28.5. The fourth-order valence-electron chi connectivity index (χ4n) is 14.2. The molecule has 0 spiro atoms. The van der Waals surface area contributed by atoms with Gasteiger partial charge in [0.25, 0.3) is 0 Å². The molecule has 0 saturated carbocycles. The SMILES string of the molecule is CC(=O)OC[C@H]1O[C@@H](c2ccc(Br)c(Cc3ccc4c(c3)OCCO4)c2)[C@H](OC(C)=O)[C@@H](OC(C)=O)[C@@H]1OC(C)=O.CCB(O)O.CCc1ccc([C@@H]2O[C@H](CO)[C@@H](O)[C@H](O)[C@H]2O)cc1Cc1ccc2c(c1)OCCO2.CCc1ccc([C@@H]2O[C@H](COC(C)=O)[C@@H](OC(C)=O)[C@H](OC(C)=O)[C@H]2OC(C)=O)cc1Cc1ccc2c(c1)OCCO2.O.[Li+].[OH-]. The Bertz CT molecular complexity index is 4470. The van der Waals surface area contributed by atoms with E-state index in [2.05, 4.69) is 29.8 Å². The second-order valence-corrected chi connectivity index (χ2v) is 29.3. The molecule has 0 aromatic heterocycles. The van der Waals surface area contributed by atoms with E-state index in [1.165, 1.54) is 61.0 Å². The van der Waals surface area contributed by atoms with Crippen LogP contribution in [-0.4, -0.2) is 229 Å². The minimum Gasteiger partial charge on any atom is -0.870 e. The quantitative estimate of drug-likeness (QED) is 0.0303. The van der Waals surface area contributed by atoms with Crippen molar-refractivity contribution in [3.8, 4) is 34.5 Å². The van der Waals surface area contributed by atoms with Gasteiger partial charge in [0.2, 0.25) is 0 Å². The second kappa shape index (κ2) is 47.9. The fraction of sp³-hybridized carbons (Fsp3) is 0.482. The van der Waals surface area contributed by atoms with E-state index in [4.69, 9.17) is 90.6 Å². The van der Waals surface area contributed by atoms with E-state index in [1.807, 2.05) is 103 Å². The van der Waals surface area contributed by atoms with Crippen molar-refractivity contribution in [1.29, 1.82) is 0 Å². The van der Waals surface area contributed by atoms with Gasteiger partial charge in [-0.2, -0.15) is 0 Å². The van der Waals surface area contributed by atoms with Gasteiger partial charge in [-0.25, -0.2) is 0 Å². The Hall–Kier alpha value is -9.42. The van der Waals surface area contributed by atoms with E-state index in [-0.39, 0.29) is 43.0 Å². The number of fused-ring (bicyclic) bond motifs is 3. The number of carbonyl (C=O) groups excluding carboxylic acids is 8. The maximum Gasteiger partial charge on any atom is 1.00 e. The van der Waals surface area contributed by atoms with Crippen LogP contribution in [0.15, 0.2) is 114 Å². The number of halogens is 1. The summed E-state index contributed by atoms with van der Waals surface area (Å²) in [5.74, 6) is -0.963. The van der Waals surface area contributed by atoms with Gasteiger partial charge in [0.15, 0.2) is 71.1 Å². The van der Waals surface area contributed by atoms with Crippen LogP contribution in [0.25, 0.3) is 0 Å². The molecule has 3 saturated heterocycles. The topological polar surface area (TPSA) is 476 Å². The van der Waals surface area contributed by atoms with Crippen molar-refractivity contribution in [3.63, 3.8) is 0 Å². The molecule has 654 valence electrons. The minimum absolute atomic E-state index is 0. The van der Waals surface area contributed by atoms with E-state index in [0.717, 1.165) is 67.8 Å². The summed E-state index contributed by atoms with van der Waals surface area (Å²) in [5.41, 5.74) is 10.2. The van der Waals surface area contributed by atoms with Gasteiger partial charge in [-0.15, -0.1) is 0 Å². The largest absolute Gasteiger partial charge is 1.00 e. The molecule has 6 heterocycles. The molecule has 12 rings (SSSR count). The Morgan fingerprint density at radius 1 is 0.380 bits per heavy atom. The number of aliphatic hydroxyl groups is 4. The summed E-state index contributed by atoms with van der Waals surface area (Å²) in [4.78, 5) is 96.1. The molecule has 6 aliphatic heterocycles. The van der Waals surface area contributed by atoms with Gasteiger partial charge in [-0.05, 0) is 142 Å².